The summed E-state index contributed by atoms with van der Waals surface area (Å²) in [5.41, 5.74) is 1.37. The summed E-state index contributed by atoms with van der Waals surface area (Å²) in [6.45, 7) is 0.595. The van der Waals surface area contributed by atoms with Crippen molar-refractivity contribution < 1.29 is 18.8 Å². The largest absolute Gasteiger partial charge is 0.497 e. The van der Waals surface area contributed by atoms with Crippen LogP contribution >= 0.6 is 11.6 Å². The zero-order chi connectivity index (χ0) is 21.1. The van der Waals surface area contributed by atoms with Gasteiger partial charge in [-0.2, -0.15) is 4.98 Å². The van der Waals surface area contributed by atoms with Gasteiger partial charge in [0.2, 0.25) is 11.7 Å². The number of carbonyl (C=O) groups is 1. The van der Waals surface area contributed by atoms with E-state index in [2.05, 4.69) is 15.5 Å². The predicted octanol–water partition coefficient (Wildman–Crippen LogP) is 4.78. The van der Waals surface area contributed by atoms with Crippen LogP contribution in [0.3, 0.4) is 0 Å². The van der Waals surface area contributed by atoms with Gasteiger partial charge in [0.1, 0.15) is 17.5 Å². The van der Waals surface area contributed by atoms with Gasteiger partial charge in [0.15, 0.2) is 0 Å². The maximum Gasteiger partial charge on any atom is 0.322 e. The Morgan fingerprint density at radius 1 is 1.23 bits per heavy atom. The number of carbonyl (C=O) groups excluding carboxylic acids is 1. The molecule has 3 aromatic rings. The molecular formula is C21H21ClN4O4. The van der Waals surface area contributed by atoms with Gasteiger partial charge in [-0.15, -0.1) is 0 Å². The molecule has 1 fully saturated rings. The second-order valence-electron chi connectivity index (χ2n) is 6.82. The molecule has 1 atom stereocenters. The molecule has 2 heterocycles. The Labute approximate surface area is 178 Å². The van der Waals surface area contributed by atoms with Crippen molar-refractivity contribution in [1.82, 2.24) is 15.0 Å². The minimum absolute atomic E-state index is 0.250. The van der Waals surface area contributed by atoms with Gasteiger partial charge in [0.05, 0.1) is 19.2 Å². The van der Waals surface area contributed by atoms with E-state index in [0.29, 0.717) is 40.5 Å². The van der Waals surface area contributed by atoms with Gasteiger partial charge in [-0.3, -0.25) is 0 Å². The predicted molar refractivity (Wildman–Crippen MR) is 112 cm³/mol. The first-order valence-electron chi connectivity index (χ1n) is 9.48. The highest BCUT2D eigenvalue weighted by Crippen LogP contribution is 2.33. The summed E-state index contributed by atoms with van der Waals surface area (Å²) in [4.78, 5) is 19.1. The molecule has 2 amide bonds. The summed E-state index contributed by atoms with van der Waals surface area (Å²) in [5, 5.41) is 7.38. The summed E-state index contributed by atoms with van der Waals surface area (Å²) in [6.07, 6.45) is 1.59. The topological polar surface area (TPSA) is 89.7 Å². The molecule has 1 aromatic heterocycles. The zero-order valence-electron chi connectivity index (χ0n) is 16.6. The van der Waals surface area contributed by atoms with Gasteiger partial charge in [-0.1, -0.05) is 28.9 Å². The van der Waals surface area contributed by atoms with Crippen LogP contribution in [0.15, 0.2) is 47.0 Å². The van der Waals surface area contributed by atoms with Crippen molar-refractivity contribution in [1.29, 1.82) is 0 Å². The lowest BCUT2D eigenvalue weighted by atomic mass is 10.2. The van der Waals surface area contributed by atoms with E-state index in [1.807, 2.05) is 24.3 Å². The summed E-state index contributed by atoms with van der Waals surface area (Å²) in [7, 11) is 3.14. The molecule has 156 valence electrons. The van der Waals surface area contributed by atoms with Crippen LogP contribution in [-0.2, 0) is 0 Å². The zero-order valence-corrected chi connectivity index (χ0v) is 17.3. The van der Waals surface area contributed by atoms with Gasteiger partial charge < -0.3 is 24.2 Å². The first-order valence-corrected chi connectivity index (χ1v) is 9.86. The Bertz CT molecular complexity index is 1050. The molecule has 8 nitrogen and oxygen atoms in total. The lowest BCUT2D eigenvalue weighted by Gasteiger charge is -2.22. The number of hydrogen-bond acceptors (Lipinski definition) is 6. The van der Waals surface area contributed by atoms with Crippen LogP contribution in [-0.4, -0.2) is 41.8 Å². The van der Waals surface area contributed by atoms with E-state index in [-0.39, 0.29) is 12.1 Å². The number of hydrogen-bond donors (Lipinski definition) is 1. The van der Waals surface area contributed by atoms with Crippen molar-refractivity contribution in [3.63, 3.8) is 0 Å². The molecule has 1 saturated heterocycles. The quantitative estimate of drug-likeness (QED) is 0.629. The van der Waals surface area contributed by atoms with Crippen molar-refractivity contribution in [2.45, 2.75) is 18.9 Å². The van der Waals surface area contributed by atoms with Gasteiger partial charge in [-0.25, -0.2) is 4.79 Å². The van der Waals surface area contributed by atoms with Gasteiger partial charge in [0, 0.05) is 17.8 Å². The van der Waals surface area contributed by atoms with Crippen molar-refractivity contribution >= 4 is 23.3 Å². The molecular weight excluding hydrogens is 408 g/mol. The second-order valence-corrected chi connectivity index (χ2v) is 7.23. The van der Waals surface area contributed by atoms with Crippen molar-refractivity contribution in [3.8, 4) is 22.9 Å². The molecule has 1 aliphatic heterocycles. The molecule has 1 unspecified atom stereocenters. The number of nitrogens with one attached hydrogen (secondary N) is 1. The highest BCUT2D eigenvalue weighted by atomic mass is 35.5. The third-order valence-electron chi connectivity index (χ3n) is 4.97. The Morgan fingerprint density at radius 3 is 2.87 bits per heavy atom. The Hall–Kier alpha value is -3.26. The smallest absolute Gasteiger partial charge is 0.322 e. The van der Waals surface area contributed by atoms with Gasteiger partial charge in [-0.05, 0) is 43.2 Å². The number of rotatable bonds is 5. The van der Waals surface area contributed by atoms with Gasteiger partial charge in [0.25, 0.3) is 0 Å². The Kier molecular flexibility index (Phi) is 5.76. The van der Waals surface area contributed by atoms with Crippen LogP contribution in [0.5, 0.6) is 11.5 Å². The fraction of sp³-hybridized carbons (Fsp3) is 0.286. The van der Waals surface area contributed by atoms with Crippen LogP contribution in [0, 0.1) is 0 Å². The van der Waals surface area contributed by atoms with E-state index in [1.165, 1.54) is 0 Å². The molecule has 1 N–H and O–H groups in total. The van der Waals surface area contributed by atoms with Crippen LogP contribution in [0.2, 0.25) is 5.02 Å². The molecule has 9 heteroatoms. The summed E-state index contributed by atoms with van der Waals surface area (Å²) in [6, 6.07) is 12.0. The molecule has 0 bridgehead atoms. The average Bonchev–Trinajstić information content (AvgIpc) is 3.43. The highest BCUT2D eigenvalue weighted by molar-refractivity contribution is 6.32. The molecule has 4 rings (SSSR count). The first-order chi connectivity index (χ1) is 14.6. The van der Waals surface area contributed by atoms with E-state index in [0.717, 1.165) is 18.4 Å². The van der Waals surface area contributed by atoms with E-state index in [4.69, 9.17) is 25.6 Å². The number of halogens is 1. The number of ether oxygens (including phenoxy) is 2. The molecule has 2 aromatic carbocycles. The van der Waals surface area contributed by atoms with E-state index >= 15 is 0 Å². The molecule has 1 aliphatic rings. The van der Waals surface area contributed by atoms with Crippen molar-refractivity contribution in [2.24, 2.45) is 0 Å². The van der Waals surface area contributed by atoms with Crippen LogP contribution in [0.4, 0.5) is 10.5 Å². The van der Waals surface area contributed by atoms with Crippen LogP contribution < -0.4 is 14.8 Å². The lowest BCUT2D eigenvalue weighted by molar-refractivity contribution is 0.193. The minimum Gasteiger partial charge on any atom is -0.497 e. The third-order valence-corrected chi connectivity index (χ3v) is 5.27. The molecule has 30 heavy (non-hydrogen) atoms. The maximum atomic E-state index is 12.9. The van der Waals surface area contributed by atoms with E-state index in [1.54, 1.807) is 37.3 Å². The first kappa shape index (κ1) is 20.0. The number of aromatic nitrogens is 2. The standard InChI is InChI=1S/C21H21ClN4O4/c1-28-15-6-3-5-13(11-15)19-24-20(30-25-19)17-7-4-10-26(17)21(27)23-14-8-9-18(29-2)16(22)12-14/h3,5-6,8-9,11-12,17H,4,7,10H2,1-2H3,(H,23,27). The monoisotopic (exact) mass is 428 g/mol. The Morgan fingerprint density at radius 2 is 2.10 bits per heavy atom. The summed E-state index contributed by atoms with van der Waals surface area (Å²) < 4.78 is 15.9. The maximum absolute atomic E-state index is 12.9. The molecule has 0 aliphatic carbocycles. The van der Waals surface area contributed by atoms with Crippen molar-refractivity contribution in [3.05, 3.63) is 53.4 Å². The number of urea groups is 1. The Balaban J connectivity index is 1.50. The van der Waals surface area contributed by atoms with Crippen molar-refractivity contribution in [2.75, 3.05) is 26.1 Å². The SMILES string of the molecule is COc1cccc(-c2noc(C3CCCN3C(=O)Nc3ccc(OC)c(Cl)c3)n2)c1. The number of amides is 2. The average molecular weight is 429 g/mol. The fourth-order valence-corrected chi connectivity index (χ4v) is 3.71. The third kappa shape index (κ3) is 4.04. The van der Waals surface area contributed by atoms with Crippen LogP contribution in [0.25, 0.3) is 11.4 Å². The summed E-state index contributed by atoms with van der Waals surface area (Å²) in [5.74, 6) is 2.12. The highest BCUT2D eigenvalue weighted by Gasteiger charge is 2.34. The molecule has 0 radical (unpaired) electrons. The molecule has 0 spiro atoms. The number of benzene rings is 2. The molecule has 0 saturated carbocycles. The number of methoxy groups -OCH3 is 2. The van der Waals surface area contributed by atoms with Crippen LogP contribution in [0.1, 0.15) is 24.8 Å². The normalized spacial score (nSPS) is 15.8. The lowest BCUT2D eigenvalue weighted by Crippen LogP contribution is -2.34. The minimum atomic E-state index is -0.287. The van der Waals surface area contributed by atoms with Gasteiger partial charge >= 0.3 is 6.03 Å². The number of nitrogens with zero attached hydrogens (tertiary/aromatic N) is 3. The number of anilines is 1. The number of likely N-dealkylation sites (tertiary alicyclic amines) is 1. The van der Waals surface area contributed by atoms with E-state index in [9.17, 15) is 4.79 Å². The summed E-state index contributed by atoms with van der Waals surface area (Å²) >= 11 is 6.15. The second kappa shape index (κ2) is 8.62. The van der Waals surface area contributed by atoms with E-state index < -0.39 is 0 Å². The fourth-order valence-electron chi connectivity index (χ4n) is 3.46.